The molecule has 1 N–H and O–H groups in total. The van der Waals surface area contributed by atoms with Crippen molar-refractivity contribution in [2.24, 2.45) is 0 Å². The Morgan fingerprint density at radius 3 is 2.94 bits per heavy atom. The van der Waals surface area contributed by atoms with E-state index in [9.17, 15) is 4.79 Å². The third-order valence-electron chi connectivity index (χ3n) is 2.24. The molecule has 0 bridgehead atoms. The highest BCUT2D eigenvalue weighted by atomic mass is 16.6. The fourth-order valence-corrected chi connectivity index (χ4v) is 1.40. The zero-order chi connectivity index (χ0) is 11.4. The van der Waals surface area contributed by atoms with E-state index < -0.39 is 0 Å². The molecule has 1 aromatic heterocycles. The molecule has 16 heavy (non-hydrogen) atoms. The largest absolute Gasteiger partial charge is 0.320 e. The van der Waals surface area contributed by atoms with Gasteiger partial charge in [0, 0.05) is 5.69 Å². The van der Waals surface area contributed by atoms with Crippen LogP contribution in [0.3, 0.4) is 0 Å². The monoisotopic (exact) mass is 217 g/mol. The molecule has 5 nitrogen and oxygen atoms in total. The molecule has 0 spiro atoms. The van der Waals surface area contributed by atoms with Gasteiger partial charge in [-0.25, -0.2) is 4.63 Å². The molecule has 0 aliphatic rings. The van der Waals surface area contributed by atoms with Gasteiger partial charge in [-0.3, -0.25) is 4.79 Å². The summed E-state index contributed by atoms with van der Waals surface area (Å²) in [7, 11) is 0. The maximum absolute atomic E-state index is 11.7. The second-order valence-corrected chi connectivity index (χ2v) is 3.26. The van der Waals surface area contributed by atoms with E-state index in [0.717, 1.165) is 17.7 Å². The number of nitrogens with one attached hydrogen (secondary N) is 1. The lowest BCUT2D eigenvalue weighted by atomic mass is 10.1. The van der Waals surface area contributed by atoms with Crippen LogP contribution in [0.15, 0.2) is 35.1 Å². The third-order valence-corrected chi connectivity index (χ3v) is 2.24. The SMILES string of the molecule is CCc1ccccc1NC(=O)c1cnon1. The van der Waals surface area contributed by atoms with Gasteiger partial charge in [-0.1, -0.05) is 30.3 Å². The molecule has 0 saturated heterocycles. The standard InChI is InChI=1S/C11H11N3O2/c1-2-8-5-3-4-6-9(8)13-11(15)10-7-12-16-14-10/h3-7H,2H2,1H3,(H,13,15). The number of hydrogen-bond acceptors (Lipinski definition) is 4. The van der Waals surface area contributed by atoms with Crippen LogP contribution in [-0.4, -0.2) is 16.2 Å². The first-order valence-electron chi connectivity index (χ1n) is 4.98. The van der Waals surface area contributed by atoms with E-state index in [2.05, 4.69) is 20.3 Å². The molecule has 1 amide bonds. The van der Waals surface area contributed by atoms with Gasteiger partial charge < -0.3 is 5.32 Å². The highest BCUT2D eigenvalue weighted by Crippen LogP contribution is 2.15. The van der Waals surface area contributed by atoms with Crippen molar-refractivity contribution in [2.45, 2.75) is 13.3 Å². The fourth-order valence-electron chi connectivity index (χ4n) is 1.40. The van der Waals surface area contributed by atoms with Gasteiger partial charge in [0.1, 0.15) is 6.20 Å². The molecule has 82 valence electrons. The minimum absolute atomic E-state index is 0.172. The van der Waals surface area contributed by atoms with E-state index in [-0.39, 0.29) is 11.6 Å². The number of hydrogen-bond donors (Lipinski definition) is 1. The van der Waals surface area contributed by atoms with Crippen molar-refractivity contribution in [2.75, 3.05) is 5.32 Å². The number of carbonyl (C=O) groups excluding carboxylic acids is 1. The summed E-state index contributed by atoms with van der Waals surface area (Å²) in [6.07, 6.45) is 2.14. The van der Waals surface area contributed by atoms with Crippen molar-refractivity contribution in [3.05, 3.63) is 41.7 Å². The number of aryl methyl sites for hydroxylation is 1. The van der Waals surface area contributed by atoms with Gasteiger partial charge in [0.25, 0.3) is 5.91 Å². The fraction of sp³-hybridized carbons (Fsp3) is 0.182. The van der Waals surface area contributed by atoms with Crippen molar-refractivity contribution in [1.29, 1.82) is 0 Å². The van der Waals surface area contributed by atoms with Gasteiger partial charge >= 0.3 is 0 Å². The molecule has 0 radical (unpaired) electrons. The summed E-state index contributed by atoms with van der Waals surface area (Å²) in [4.78, 5) is 11.7. The lowest BCUT2D eigenvalue weighted by Crippen LogP contribution is -2.13. The van der Waals surface area contributed by atoms with Crippen LogP contribution in [0.5, 0.6) is 0 Å². The summed E-state index contributed by atoms with van der Waals surface area (Å²) < 4.78 is 4.37. The number of benzene rings is 1. The Balaban J connectivity index is 2.18. The molecule has 0 aliphatic heterocycles. The Labute approximate surface area is 92.4 Å². The molecule has 1 heterocycles. The summed E-state index contributed by atoms with van der Waals surface area (Å²) in [6, 6.07) is 7.63. The topological polar surface area (TPSA) is 68.0 Å². The van der Waals surface area contributed by atoms with E-state index >= 15 is 0 Å². The number of nitrogens with zero attached hydrogens (tertiary/aromatic N) is 2. The Kier molecular flexibility index (Phi) is 2.95. The molecule has 0 unspecified atom stereocenters. The van der Waals surface area contributed by atoms with E-state index in [1.54, 1.807) is 0 Å². The normalized spacial score (nSPS) is 10.1. The molecule has 0 fully saturated rings. The highest BCUT2D eigenvalue weighted by Gasteiger charge is 2.11. The number of aromatic nitrogens is 2. The Morgan fingerprint density at radius 1 is 1.44 bits per heavy atom. The van der Waals surface area contributed by atoms with Crippen molar-refractivity contribution in [3.63, 3.8) is 0 Å². The summed E-state index contributed by atoms with van der Waals surface area (Å²) in [6.45, 7) is 2.03. The lowest BCUT2D eigenvalue weighted by Gasteiger charge is -2.07. The number of rotatable bonds is 3. The number of amides is 1. The highest BCUT2D eigenvalue weighted by molar-refractivity contribution is 6.02. The van der Waals surface area contributed by atoms with Gasteiger partial charge in [-0.2, -0.15) is 0 Å². The van der Waals surface area contributed by atoms with Gasteiger partial charge in [0.15, 0.2) is 5.69 Å². The molecule has 0 saturated carbocycles. The van der Waals surface area contributed by atoms with E-state index in [0.29, 0.717) is 0 Å². The molecule has 1 aromatic carbocycles. The van der Waals surface area contributed by atoms with Gasteiger partial charge in [0.05, 0.1) is 0 Å². The van der Waals surface area contributed by atoms with Crippen LogP contribution < -0.4 is 5.32 Å². The quantitative estimate of drug-likeness (QED) is 0.852. The maximum Gasteiger partial charge on any atom is 0.279 e. The molecule has 5 heteroatoms. The van der Waals surface area contributed by atoms with E-state index in [1.165, 1.54) is 6.20 Å². The first-order chi connectivity index (χ1) is 7.81. The van der Waals surface area contributed by atoms with Crippen LogP contribution in [0.1, 0.15) is 23.0 Å². The van der Waals surface area contributed by atoms with Crippen molar-refractivity contribution < 1.29 is 9.42 Å². The second kappa shape index (κ2) is 4.57. The van der Waals surface area contributed by atoms with E-state index in [1.807, 2.05) is 31.2 Å². The van der Waals surface area contributed by atoms with Gasteiger partial charge in [-0.05, 0) is 23.2 Å². The van der Waals surface area contributed by atoms with Crippen molar-refractivity contribution in [1.82, 2.24) is 10.3 Å². The summed E-state index contributed by atoms with van der Waals surface area (Å²) >= 11 is 0. The minimum Gasteiger partial charge on any atom is -0.320 e. The molecule has 0 atom stereocenters. The van der Waals surface area contributed by atoms with Crippen LogP contribution in [0.25, 0.3) is 0 Å². The summed E-state index contributed by atoms with van der Waals surface area (Å²) in [5, 5.41) is 9.61. The third kappa shape index (κ3) is 2.08. The predicted octanol–water partition coefficient (Wildman–Crippen LogP) is 1.88. The Morgan fingerprint density at radius 2 is 2.25 bits per heavy atom. The first kappa shape index (κ1) is 10.4. The van der Waals surface area contributed by atoms with Crippen LogP contribution in [0.2, 0.25) is 0 Å². The Hall–Kier alpha value is -2.17. The van der Waals surface area contributed by atoms with Crippen LogP contribution in [0.4, 0.5) is 5.69 Å². The first-order valence-corrected chi connectivity index (χ1v) is 4.98. The summed E-state index contributed by atoms with van der Waals surface area (Å²) in [5.41, 5.74) is 2.04. The molecular weight excluding hydrogens is 206 g/mol. The average Bonchev–Trinajstić information content (AvgIpc) is 2.83. The van der Waals surface area contributed by atoms with Crippen molar-refractivity contribution in [3.8, 4) is 0 Å². The average molecular weight is 217 g/mol. The van der Waals surface area contributed by atoms with Gasteiger partial charge in [0.2, 0.25) is 0 Å². The predicted molar refractivity (Wildman–Crippen MR) is 58.1 cm³/mol. The zero-order valence-electron chi connectivity index (χ0n) is 8.80. The van der Waals surface area contributed by atoms with Crippen LogP contribution in [0, 0.1) is 0 Å². The Bertz CT molecular complexity index is 480. The number of anilines is 1. The zero-order valence-corrected chi connectivity index (χ0v) is 8.80. The minimum atomic E-state index is -0.317. The lowest BCUT2D eigenvalue weighted by molar-refractivity contribution is 0.101. The molecule has 0 aliphatic carbocycles. The van der Waals surface area contributed by atoms with Crippen molar-refractivity contribution >= 4 is 11.6 Å². The van der Waals surface area contributed by atoms with Crippen LogP contribution >= 0.6 is 0 Å². The van der Waals surface area contributed by atoms with Crippen LogP contribution in [-0.2, 0) is 6.42 Å². The smallest absolute Gasteiger partial charge is 0.279 e. The molecular formula is C11H11N3O2. The molecule has 2 aromatic rings. The number of carbonyl (C=O) groups is 1. The maximum atomic E-state index is 11.7. The number of para-hydroxylation sites is 1. The second-order valence-electron chi connectivity index (χ2n) is 3.26. The van der Waals surface area contributed by atoms with E-state index in [4.69, 9.17) is 0 Å². The molecule has 2 rings (SSSR count). The van der Waals surface area contributed by atoms with Gasteiger partial charge in [-0.15, -0.1) is 0 Å². The summed E-state index contributed by atoms with van der Waals surface area (Å²) in [5.74, 6) is -0.317.